The van der Waals surface area contributed by atoms with Crippen molar-refractivity contribution in [1.29, 1.82) is 0 Å². The highest BCUT2D eigenvalue weighted by molar-refractivity contribution is 5.41. The first-order valence-corrected chi connectivity index (χ1v) is 3.66. The molecule has 0 unspecified atom stereocenters. The summed E-state index contributed by atoms with van der Waals surface area (Å²) in [6.07, 6.45) is -1.17. The average molecular weight is 188 g/mol. The molecule has 0 amide bonds. The molecule has 0 aromatic carbocycles. The zero-order chi connectivity index (χ0) is 9.84. The fourth-order valence-corrected chi connectivity index (χ4v) is 0.958. The molecular formula is C8H10F2N2O. The van der Waals surface area contributed by atoms with Crippen molar-refractivity contribution in [2.75, 3.05) is 12.8 Å². The Morgan fingerprint density at radius 2 is 2.31 bits per heavy atom. The van der Waals surface area contributed by atoms with Crippen LogP contribution >= 0.6 is 0 Å². The Kier molecular flexibility index (Phi) is 3.13. The minimum absolute atomic E-state index is 0.130. The maximum absolute atomic E-state index is 12.3. The monoisotopic (exact) mass is 188 g/mol. The number of methoxy groups -OCH3 is 1. The number of nitrogens with two attached hydrogens (primary N) is 1. The SMILES string of the molecule is COCc1cnc(N)c(C(F)F)c1. The van der Waals surface area contributed by atoms with Crippen LogP contribution in [0.2, 0.25) is 0 Å². The Morgan fingerprint density at radius 3 is 2.85 bits per heavy atom. The van der Waals surface area contributed by atoms with Crippen molar-refractivity contribution in [3.63, 3.8) is 0 Å². The van der Waals surface area contributed by atoms with Gasteiger partial charge < -0.3 is 10.5 Å². The third-order valence-electron chi connectivity index (χ3n) is 1.55. The van der Waals surface area contributed by atoms with Gasteiger partial charge in [0, 0.05) is 13.3 Å². The van der Waals surface area contributed by atoms with Crippen molar-refractivity contribution in [3.05, 3.63) is 23.4 Å². The van der Waals surface area contributed by atoms with Crippen LogP contribution in [0, 0.1) is 0 Å². The Morgan fingerprint density at radius 1 is 1.62 bits per heavy atom. The minimum Gasteiger partial charge on any atom is -0.383 e. The molecule has 0 saturated carbocycles. The summed E-state index contributed by atoms with van der Waals surface area (Å²) in [6.45, 7) is 0.257. The quantitative estimate of drug-likeness (QED) is 0.786. The first kappa shape index (κ1) is 9.85. The third kappa shape index (κ3) is 2.35. The lowest BCUT2D eigenvalue weighted by Crippen LogP contribution is -2.00. The van der Waals surface area contributed by atoms with Crippen LogP contribution in [-0.2, 0) is 11.3 Å². The second-order valence-electron chi connectivity index (χ2n) is 2.55. The molecule has 1 aromatic rings. The molecule has 0 atom stereocenters. The molecule has 0 radical (unpaired) electrons. The Hall–Kier alpha value is -1.23. The van der Waals surface area contributed by atoms with Crippen LogP contribution < -0.4 is 5.73 Å². The van der Waals surface area contributed by atoms with Crippen LogP contribution in [0.25, 0.3) is 0 Å². The van der Waals surface area contributed by atoms with E-state index in [-0.39, 0.29) is 18.0 Å². The number of nitrogen functional groups attached to an aromatic ring is 1. The number of anilines is 1. The lowest BCUT2D eigenvalue weighted by Gasteiger charge is -2.05. The summed E-state index contributed by atoms with van der Waals surface area (Å²) in [5, 5.41) is 0. The summed E-state index contributed by atoms with van der Waals surface area (Å²) in [6, 6.07) is 1.30. The zero-order valence-electron chi connectivity index (χ0n) is 7.13. The first-order valence-electron chi connectivity index (χ1n) is 3.66. The number of halogens is 2. The zero-order valence-corrected chi connectivity index (χ0v) is 7.13. The number of nitrogens with zero attached hydrogens (tertiary/aromatic N) is 1. The number of rotatable bonds is 3. The summed E-state index contributed by atoms with van der Waals surface area (Å²) in [5.74, 6) is -0.130. The van der Waals surface area contributed by atoms with E-state index in [2.05, 4.69) is 4.98 Å². The standard InChI is InChI=1S/C8H10F2N2O/c1-13-4-5-2-6(7(9)10)8(11)12-3-5/h2-3,7H,4H2,1H3,(H2,11,12). The molecule has 5 heteroatoms. The van der Waals surface area contributed by atoms with Crippen molar-refractivity contribution in [1.82, 2.24) is 4.98 Å². The fourth-order valence-electron chi connectivity index (χ4n) is 0.958. The van der Waals surface area contributed by atoms with Gasteiger partial charge in [-0.15, -0.1) is 0 Å². The smallest absolute Gasteiger partial charge is 0.267 e. The molecule has 1 aromatic heterocycles. The Balaban J connectivity index is 2.97. The van der Waals surface area contributed by atoms with Crippen LogP contribution in [0.4, 0.5) is 14.6 Å². The molecule has 72 valence electrons. The number of alkyl halides is 2. The van der Waals surface area contributed by atoms with Crippen LogP contribution in [0.1, 0.15) is 17.6 Å². The van der Waals surface area contributed by atoms with Crippen molar-refractivity contribution in [2.45, 2.75) is 13.0 Å². The predicted molar refractivity (Wildman–Crippen MR) is 44.3 cm³/mol. The third-order valence-corrected chi connectivity index (χ3v) is 1.55. The van der Waals surface area contributed by atoms with Crippen molar-refractivity contribution in [2.24, 2.45) is 0 Å². The largest absolute Gasteiger partial charge is 0.383 e. The van der Waals surface area contributed by atoms with Crippen LogP contribution in [-0.4, -0.2) is 12.1 Å². The predicted octanol–water partition coefficient (Wildman–Crippen LogP) is 1.75. The van der Waals surface area contributed by atoms with E-state index >= 15 is 0 Å². The van der Waals surface area contributed by atoms with Crippen molar-refractivity contribution >= 4 is 5.82 Å². The molecule has 13 heavy (non-hydrogen) atoms. The summed E-state index contributed by atoms with van der Waals surface area (Å²) in [7, 11) is 1.48. The van der Waals surface area contributed by atoms with E-state index in [9.17, 15) is 8.78 Å². The Bertz CT molecular complexity index is 291. The Labute approximate surface area is 74.5 Å². The number of pyridine rings is 1. The minimum atomic E-state index is -2.59. The van der Waals surface area contributed by atoms with Gasteiger partial charge >= 0.3 is 0 Å². The number of ether oxygens (including phenoxy) is 1. The van der Waals surface area contributed by atoms with Gasteiger partial charge in [0.05, 0.1) is 12.2 Å². The summed E-state index contributed by atoms with van der Waals surface area (Å²) in [5.41, 5.74) is 5.60. The molecule has 1 rings (SSSR count). The molecule has 1 heterocycles. The van der Waals surface area contributed by atoms with E-state index in [0.29, 0.717) is 5.56 Å². The summed E-state index contributed by atoms with van der Waals surface area (Å²) >= 11 is 0. The van der Waals surface area contributed by atoms with Crippen LogP contribution in [0.15, 0.2) is 12.3 Å². The van der Waals surface area contributed by atoms with Gasteiger partial charge in [0.1, 0.15) is 5.82 Å². The molecule has 0 spiro atoms. The topological polar surface area (TPSA) is 48.1 Å². The van der Waals surface area contributed by atoms with E-state index in [0.717, 1.165) is 0 Å². The molecule has 0 saturated heterocycles. The maximum atomic E-state index is 12.3. The van der Waals surface area contributed by atoms with Gasteiger partial charge in [-0.1, -0.05) is 0 Å². The molecule has 0 aliphatic rings. The van der Waals surface area contributed by atoms with Gasteiger partial charge in [0.25, 0.3) is 6.43 Å². The highest BCUT2D eigenvalue weighted by atomic mass is 19.3. The highest BCUT2D eigenvalue weighted by Gasteiger charge is 2.12. The van der Waals surface area contributed by atoms with E-state index in [1.165, 1.54) is 19.4 Å². The number of hydrogen-bond donors (Lipinski definition) is 1. The van der Waals surface area contributed by atoms with Gasteiger partial charge in [0.15, 0.2) is 0 Å². The summed E-state index contributed by atoms with van der Waals surface area (Å²) < 4.78 is 29.4. The molecule has 0 fully saturated rings. The molecule has 2 N–H and O–H groups in total. The van der Waals surface area contributed by atoms with E-state index in [1.54, 1.807) is 0 Å². The van der Waals surface area contributed by atoms with Crippen molar-refractivity contribution < 1.29 is 13.5 Å². The average Bonchev–Trinajstić information content (AvgIpc) is 2.08. The first-order chi connectivity index (χ1) is 6.15. The maximum Gasteiger partial charge on any atom is 0.267 e. The van der Waals surface area contributed by atoms with Crippen molar-refractivity contribution in [3.8, 4) is 0 Å². The van der Waals surface area contributed by atoms with Gasteiger partial charge in [0.2, 0.25) is 0 Å². The number of aromatic nitrogens is 1. The van der Waals surface area contributed by atoms with Gasteiger partial charge in [-0.05, 0) is 11.6 Å². The molecule has 0 bridgehead atoms. The number of hydrogen-bond acceptors (Lipinski definition) is 3. The van der Waals surface area contributed by atoms with Crippen LogP contribution in [0.3, 0.4) is 0 Å². The molecule has 0 aliphatic carbocycles. The van der Waals surface area contributed by atoms with Gasteiger partial charge in [-0.3, -0.25) is 0 Å². The molecule has 0 aliphatic heterocycles. The fraction of sp³-hybridized carbons (Fsp3) is 0.375. The molecular weight excluding hydrogens is 178 g/mol. The highest BCUT2D eigenvalue weighted by Crippen LogP contribution is 2.24. The molecule has 3 nitrogen and oxygen atoms in total. The lowest BCUT2D eigenvalue weighted by atomic mass is 10.2. The second kappa shape index (κ2) is 4.13. The normalized spacial score (nSPS) is 10.8. The van der Waals surface area contributed by atoms with E-state index < -0.39 is 6.43 Å². The van der Waals surface area contributed by atoms with Gasteiger partial charge in [-0.2, -0.15) is 0 Å². The van der Waals surface area contributed by atoms with Crippen LogP contribution in [0.5, 0.6) is 0 Å². The second-order valence-corrected chi connectivity index (χ2v) is 2.55. The van der Waals surface area contributed by atoms with Gasteiger partial charge in [-0.25, -0.2) is 13.8 Å². The van der Waals surface area contributed by atoms with E-state index in [4.69, 9.17) is 10.5 Å². The lowest BCUT2D eigenvalue weighted by molar-refractivity contribution is 0.150. The van der Waals surface area contributed by atoms with E-state index in [1.807, 2.05) is 0 Å². The summed E-state index contributed by atoms with van der Waals surface area (Å²) in [4.78, 5) is 3.64.